The first kappa shape index (κ1) is 16.8. The van der Waals surface area contributed by atoms with Gasteiger partial charge >= 0.3 is 0 Å². The molecule has 0 N–H and O–H groups in total. The van der Waals surface area contributed by atoms with Gasteiger partial charge in [0.2, 0.25) is 0 Å². The molecule has 0 unspecified atom stereocenters. The lowest BCUT2D eigenvalue weighted by Gasteiger charge is -2.05. The molecule has 2 heterocycles. The van der Waals surface area contributed by atoms with Crippen molar-refractivity contribution >= 4 is 34.5 Å². The number of hydrogen-bond acceptors (Lipinski definition) is 6. The molecule has 0 saturated heterocycles. The molecule has 0 aliphatic carbocycles. The van der Waals surface area contributed by atoms with Crippen LogP contribution in [-0.4, -0.2) is 32.1 Å². The number of hydrogen-bond donors (Lipinski definition) is 0. The highest BCUT2D eigenvalue weighted by Gasteiger charge is 2.14. The molecule has 4 rings (SSSR count). The normalized spacial score (nSPS) is 11.0. The molecule has 6 nitrogen and oxygen atoms in total. The van der Waals surface area contributed by atoms with Gasteiger partial charge in [-0.05, 0) is 29.8 Å². The minimum Gasteiger partial charge on any atom is -0.497 e. The predicted octanol–water partition coefficient (Wildman–Crippen LogP) is 4.16. The summed E-state index contributed by atoms with van der Waals surface area (Å²) in [5.74, 6) is 1.48. The molecule has 0 bridgehead atoms. The van der Waals surface area contributed by atoms with Crippen molar-refractivity contribution in [3.63, 3.8) is 0 Å². The van der Waals surface area contributed by atoms with Crippen molar-refractivity contribution < 1.29 is 4.74 Å². The fraction of sp³-hybridized carbons (Fsp3) is 0.111. The Balaban J connectivity index is 1.66. The van der Waals surface area contributed by atoms with Crippen molar-refractivity contribution in [1.29, 1.82) is 0 Å². The standard InChI is InChI=1S/C18H14ClN5OS/c1-25-15-7-3-6-14(9-15)24-17-16(22-23-24)18(21-11-20-17)26-10-12-4-2-5-13(19)8-12/h2-9,11H,10H2,1H3. The molecule has 0 aliphatic rings. The number of fused-ring (bicyclic) bond motifs is 1. The van der Waals surface area contributed by atoms with E-state index in [4.69, 9.17) is 16.3 Å². The first-order valence-electron chi connectivity index (χ1n) is 7.82. The summed E-state index contributed by atoms with van der Waals surface area (Å²) >= 11 is 7.62. The Kier molecular flexibility index (Phi) is 4.73. The zero-order valence-electron chi connectivity index (χ0n) is 13.8. The Labute approximate surface area is 159 Å². The average Bonchev–Trinajstić information content (AvgIpc) is 3.11. The fourth-order valence-corrected chi connectivity index (χ4v) is 3.61. The fourth-order valence-electron chi connectivity index (χ4n) is 2.53. The Morgan fingerprint density at radius 2 is 2.00 bits per heavy atom. The molecule has 8 heteroatoms. The van der Waals surface area contributed by atoms with Crippen molar-refractivity contribution in [2.45, 2.75) is 10.8 Å². The van der Waals surface area contributed by atoms with E-state index in [-0.39, 0.29) is 0 Å². The summed E-state index contributed by atoms with van der Waals surface area (Å²) in [6, 6.07) is 15.4. The van der Waals surface area contributed by atoms with Gasteiger partial charge in [-0.1, -0.05) is 46.8 Å². The Bertz CT molecular complexity index is 1070. The number of rotatable bonds is 5. The summed E-state index contributed by atoms with van der Waals surface area (Å²) in [7, 11) is 1.63. The van der Waals surface area contributed by atoms with Crippen molar-refractivity contribution in [1.82, 2.24) is 25.0 Å². The lowest BCUT2D eigenvalue weighted by atomic mass is 10.2. The van der Waals surface area contributed by atoms with E-state index < -0.39 is 0 Å². The van der Waals surface area contributed by atoms with Crippen LogP contribution in [0.4, 0.5) is 0 Å². The van der Waals surface area contributed by atoms with Gasteiger partial charge in [0.05, 0.1) is 12.8 Å². The zero-order valence-corrected chi connectivity index (χ0v) is 15.4. The summed E-state index contributed by atoms with van der Waals surface area (Å²) in [5.41, 5.74) is 3.27. The largest absolute Gasteiger partial charge is 0.497 e. The molecular weight excluding hydrogens is 370 g/mol. The second-order valence-electron chi connectivity index (χ2n) is 5.47. The summed E-state index contributed by atoms with van der Waals surface area (Å²) in [5, 5.41) is 10.0. The van der Waals surface area contributed by atoms with Crippen LogP contribution in [0.2, 0.25) is 5.02 Å². The molecule has 0 amide bonds. The number of aromatic nitrogens is 5. The van der Waals surface area contributed by atoms with Gasteiger partial charge in [0.15, 0.2) is 11.2 Å². The van der Waals surface area contributed by atoms with Crippen LogP contribution in [0.15, 0.2) is 59.9 Å². The highest BCUT2D eigenvalue weighted by atomic mass is 35.5. The number of thioether (sulfide) groups is 1. The van der Waals surface area contributed by atoms with E-state index in [1.54, 1.807) is 23.6 Å². The van der Waals surface area contributed by atoms with Crippen molar-refractivity contribution in [3.05, 3.63) is 65.4 Å². The quantitative estimate of drug-likeness (QED) is 0.380. The smallest absolute Gasteiger partial charge is 0.187 e. The molecule has 2 aromatic heterocycles. The van der Waals surface area contributed by atoms with Crippen molar-refractivity contribution in [2.75, 3.05) is 7.11 Å². The lowest BCUT2D eigenvalue weighted by molar-refractivity contribution is 0.414. The number of ether oxygens (including phenoxy) is 1. The molecule has 0 aliphatic heterocycles. The van der Waals surface area contributed by atoms with Gasteiger partial charge in [-0.2, -0.15) is 4.68 Å². The van der Waals surface area contributed by atoms with Gasteiger partial charge in [-0.15, -0.1) is 5.10 Å². The molecule has 0 atom stereocenters. The molecular formula is C18H14ClN5OS. The van der Waals surface area contributed by atoms with Crippen LogP contribution in [0, 0.1) is 0 Å². The molecule has 130 valence electrons. The molecule has 0 fully saturated rings. The van der Waals surface area contributed by atoms with Gasteiger partial charge in [0.25, 0.3) is 0 Å². The molecule has 26 heavy (non-hydrogen) atoms. The third-order valence-electron chi connectivity index (χ3n) is 3.77. The van der Waals surface area contributed by atoms with E-state index in [2.05, 4.69) is 20.3 Å². The van der Waals surface area contributed by atoms with Crippen LogP contribution in [0.5, 0.6) is 5.75 Å². The zero-order chi connectivity index (χ0) is 17.9. The van der Waals surface area contributed by atoms with Crippen molar-refractivity contribution in [3.8, 4) is 11.4 Å². The summed E-state index contributed by atoms with van der Waals surface area (Å²) < 4.78 is 6.96. The maximum atomic E-state index is 6.05. The summed E-state index contributed by atoms with van der Waals surface area (Å²) in [6.07, 6.45) is 1.53. The van der Waals surface area contributed by atoms with Gasteiger partial charge in [-0.3, -0.25) is 0 Å². The first-order valence-corrected chi connectivity index (χ1v) is 9.19. The third kappa shape index (κ3) is 3.36. The molecule has 0 saturated carbocycles. The van der Waals surface area contributed by atoms with Crippen LogP contribution in [0.3, 0.4) is 0 Å². The molecule has 0 spiro atoms. The number of nitrogens with zero attached hydrogens (tertiary/aromatic N) is 5. The minimum absolute atomic E-state index is 0.654. The average molecular weight is 384 g/mol. The van der Waals surface area contributed by atoms with E-state index >= 15 is 0 Å². The Morgan fingerprint density at radius 1 is 1.12 bits per heavy atom. The minimum atomic E-state index is 0.654. The monoisotopic (exact) mass is 383 g/mol. The van der Waals surface area contributed by atoms with Crippen LogP contribution < -0.4 is 4.74 Å². The third-order valence-corrected chi connectivity index (χ3v) is 5.05. The molecule has 0 radical (unpaired) electrons. The van der Waals surface area contributed by atoms with Gasteiger partial charge in [0, 0.05) is 16.8 Å². The molecule has 4 aromatic rings. The lowest BCUT2D eigenvalue weighted by Crippen LogP contribution is -1.98. The van der Waals surface area contributed by atoms with Gasteiger partial charge in [0.1, 0.15) is 17.1 Å². The number of methoxy groups -OCH3 is 1. The van der Waals surface area contributed by atoms with E-state index in [1.807, 2.05) is 48.5 Å². The maximum absolute atomic E-state index is 6.05. The second kappa shape index (κ2) is 7.31. The van der Waals surface area contributed by atoms with Crippen LogP contribution in [0.1, 0.15) is 5.56 Å². The van der Waals surface area contributed by atoms with Crippen molar-refractivity contribution in [2.24, 2.45) is 0 Å². The first-order chi connectivity index (χ1) is 12.7. The van der Waals surface area contributed by atoms with Crippen LogP contribution in [0.25, 0.3) is 16.9 Å². The second-order valence-corrected chi connectivity index (χ2v) is 6.87. The predicted molar refractivity (Wildman–Crippen MR) is 102 cm³/mol. The molecule has 2 aromatic carbocycles. The van der Waals surface area contributed by atoms with E-state index in [0.717, 1.165) is 32.8 Å². The van der Waals surface area contributed by atoms with Gasteiger partial charge in [-0.25, -0.2) is 9.97 Å². The SMILES string of the molecule is COc1cccc(-n2nnc3c(SCc4cccc(Cl)c4)ncnc32)c1. The van der Waals surface area contributed by atoms with E-state index in [1.165, 1.54) is 6.33 Å². The van der Waals surface area contributed by atoms with E-state index in [9.17, 15) is 0 Å². The Morgan fingerprint density at radius 3 is 2.85 bits per heavy atom. The highest BCUT2D eigenvalue weighted by molar-refractivity contribution is 7.98. The topological polar surface area (TPSA) is 65.7 Å². The van der Waals surface area contributed by atoms with E-state index in [0.29, 0.717) is 11.2 Å². The Hall–Kier alpha value is -2.64. The maximum Gasteiger partial charge on any atom is 0.187 e. The highest BCUT2D eigenvalue weighted by Crippen LogP contribution is 2.28. The van der Waals surface area contributed by atoms with Crippen LogP contribution in [-0.2, 0) is 5.75 Å². The number of benzene rings is 2. The summed E-state index contributed by atoms with van der Waals surface area (Å²) in [6.45, 7) is 0. The van der Waals surface area contributed by atoms with Gasteiger partial charge < -0.3 is 4.74 Å². The summed E-state index contributed by atoms with van der Waals surface area (Å²) in [4.78, 5) is 8.72. The number of halogens is 1. The van der Waals surface area contributed by atoms with Crippen LogP contribution >= 0.6 is 23.4 Å².